The van der Waals surface area contributed by atoms with E-state index in [4.69, 9.17) is 19.9 Å². The van der Waals surface area contributed by atoms with E-state index in [0.717, 1.165) is 56.4 Å². The van der Waals surface area contributed by atoms with Crippen LogP contribution in [0.3, 0.4) is 0 Å². The van der Waals surface area contributed by atoms with Crippen LogP contribution in [0.2, 0.25) is 13.1 Å². The Labute approximate surface area is 264 Å². The van der Waals surface area contributed by atoms with E-state index in [1.807, 2.05) is 54.6 Å². The summed E-state index contributed by atoms with van der Waals surface area (Å²) < 4.78 is 0. The van der Waals surface area contributed by atoms with Crippen molar-refractivity contribution in [3.8, 4) is 67.8 Å². The van der Waals surface area contributed by atoms with Crippen LogP contribution in [0.4, 0.5) is 0 Å². The SMILES string of the molecule is C[Si]1(C)c2ccccc2-c2nc(-c3ccccc3)nc(-c3cccc(-c4cc(-c5ccccc5)nc(-c5ccccc5)n4)c3)c21. The monoisotopic (exact) mass is 594 g/mol. The summed E-state index contributed by atoms with van der Waals surface area (Å²) in [5.74, 6) is 1.45. The highest BCUT2D eigenvalue weighted by molar-refractivity contribution is 7.04. The van der Waals surface area contributed by atoms with Crippen molar-refractivity contribution >= 4 is 18.4 Å². The molecule has 1 aliphatic rings. The molecule has 7 aromatic rings. The summed E-state index contributed by atoms with van der Waals surface area (Å²) in [6, 6.07) is 50.3. The average Bonchev–Trinajstić information content (AvgIpc) is 3.35. The lowest BCUT2D eigenvalue weighted by atomic mass is 10.0. The van der Waals surface area contributed by atoms with E-state index < -0.39 is 8.07 Å². The summed E-state index contributed by atoms with van der Waals surface area (Å²) >= 11 is 0. The first-order valence-electron chi connectivity index (χ1n) is 15.2. The minimum atomic E-state index is -2.09. The van der Waals surface area contributed by atoms with E-state index >= 15 is 0 Å². The summed E-state index contributed by atoms with van der Waals surface area (Å²) in [4.78, 5) is 20.6. The predicted octanol–water partition coefficient (Wildman–Crippen LogP) is 8.40. The van der Waals surface area contributed by atoms with Crippen LogP contribution >= 0.6 is 0 Å². The molecular formula is C40H30N4Si. The minimum absolute atomic E-state index is 0.704. The molecule has 3 heterocycles. The van der Waals surface area contributed by atoms with Crippen molar-refractivity contribution in [3.05, 3.63) is 146 Å². The van der Waals surface area contributed by atoms with Crippen LogP contribution in [0.1, 0.15) is 0 Å². The first-order valence-corrected chi connectivity index (χ1v) is 18.2. The lowest BCUT2D eigenvalue weighted by molar-refractivity contribution is 1.18. The second-order valence-electron chi connectivity index (χ2n) is 11.9. The molecule has 0 spiro atoms. The number of hydrogen-bond acceptors (Lipinski definition) is 4. The number of rotatable bonds is 5. The van der Waals surface area contributed by atoms with Crippen LogP contribution in [0.5, 0.6) is 0 Å². The van der Waals surface area contributed by atoms with Crippen molar-refractivity contribution in [2.24, 2.45) is 0 Å². The van der Waals surface area contributed by atoms with Gasteiger partial charge in [0.05, 0.1) is 22.8 Å². The van der Waals surface area contributed by atoms with E-state index in [1.165, 1.54) is 15.9 Å². The molecule has 0 amide bonds. The van der Waals surface area contributed by atoms with Gasteiger partial charge in [0, 0.05) is 27.8 Å². The van der Waals surface area contributed by atoms with Gasteiger partial charge in [-0.05, 0) is 28.1 Å². The zero-order valence-electron chi connectivity index (χ0n) is 25.1. The molecule has 2 aromatic heterocycles. The smallest absolute Gasteiger partial charge is 0.160 e. The van der Waals surface area contributed by atoms with Crippen molar-refractivity contribution < 1.29 is 0 Å². The third kappa shape index (κ3) is 4.78. The first-order chi connectivity index (χ1) is 22.1. The largest absolute Gasteiger partial charge is 0.228 e. The van der Waals surface area contributed by atoms with E-state index in [1.54, 1.807) is 0 Å². The Hall–Kier alpha value is -5.52. The molecule has 214 valence electrons. The van der Waals surface area contributed by atoms with Crippen molar-refractivity contribution in [2.45, 2.75) is 13.1 Å². The maximum atomic E-state index is 5.32. The Morgan fingerprint density at radius 1 is 0.400 bits per heavy atom. The number of hydrogen-bond donors (Lipinski definition) is 0. The van der Waals surface area contributed by atoms with Crippen LogP contribution < -0.4 is 10.4 Å². The second kappa shape index (κ2) is 10.9. The molecular weight excluding hydrogens is 565 g/mol. The summed E-state index contributed by atoms with van der Waals surface area (Å²) in [7, 11) is -2.09. The molecule has 8 rings (SSSR count). The Balaban J connectivity index is 1.34. The van der Waals surface area contributed by atoms with Crippen molar-refractivity contribution in [3.63, 3.8) is 0 Å². The number of nitrogens with zero attached hydrogens (tertiary/aromatic N) is 4. The molecule has 1 aliphatic heterocycles. The lowest BCUT2D eigenvalue weighted by Crippen LogP contribution is -2.50. The standard InChI is InChI=1S/C40H30N4Si/c1-45(2)35-24-13-12-23-32(35)37-38(45)36(43-40(44-37)29-19-10-5-11-20-29)31-22-14-21-30(25-31)34-26-33(27-15-6-3-7-16-27)41-39(42-34)28-17-8-4-9-18-28/h3-26H,1-2H3. The molecule has 0 aliphatic carbocycles. The Morgan fingerprint density at radius 2 is 0.889 bits per heavy atom. The molecule has 0 fully saturated rings. The summed E-state index contributed by atoms with van der Waals surface area (Å²) in [5, 5.41) is 2.70. The number of benzene rings is 5. The van der Waals surface area contributed by atoms with Gasteiger partial charge in [0.2, 0.25) is 0 Å². The molecule has 4 nitrogen and oxygen atoms in total. The zero-order chi connectivity index (χ0) is 30.4. The summed E-state index contributed by atoms with van der Waals surface area (Å²) in [5.41, 5.74) is 10.2. The minimum Gasteiger partial charge on any atom is -0.228 e. The van der Waals surface area contributed by atoms with E-state index in [9.17, 15) is 0 Å². The second-order valence-corrected chi connectivity index (χ2v) is 16.2. The van der Waals surface area contributed by atoms with Gasteiger partial charge in [-0.3, -0.25) is 0 Å². The van der Waals surface area contributed by atoms with Crippen LogP contribution in [-0.4, -0.2) is 28.0 Å². The highest BCUT2D eigenvalue weighted by atomic mass is 28.3. The highest BCUT2D eigenvalue weighted by Gasteiger charge is 2.41. The maximum Gasteiger partial charge on any atom is 0.160 e. The van der Waals surface area contributed by atoms with E-state index in [0.29, 0.717) is 5.82 Å². The van der Waals surface area contributed by atoms with Gasteiger partial charge >= 0.3 is 0 Å². The highest BCUT2D eigenvalue weighted by Crippen LogP contribution is 2.35. The van der Waals surface area contributed by atoms with Gasteiger partial charge in [-0.1, -0.05) is 147 Å². The molecule has 5 aromatic carbocycles. The third-order valence-corrected chi connectivity index (χ3v) is 12.2. The molecule has 0 saturated carbocycles. The van der Waals surface area contributed by atoms with E-state index in [2.05, 4.69) is 104 Å². The van der Waals surface area contributed by atoms with Crippen molar-refractivity contribution in [2.75, 3.05) is 0 Å². The first kappa shape index (κ1) is 27.1. The zero-order valence-corrected chi connectivity index (χ0v) is 26.1. The quantitative estimate of drug-likeness (QED) is 0.188. The average molecular weight is 595 g/mol. The van der Waals surface area contributed by atoms with Gasteiger partial charge in [0.15, 0.2) is 11.6 Å². The Morgan fingerprint density at radius 3 is 1.56 bits per heavy atom. The van der Waals surface area contributed by atoms with Gasteiger partial charge < -0.3 is 0 Å². The van der Waals surface area contributed by atoms with Crippen LogP contribution in [0.15, 0.2) is 146 Å². The van der Waals surface area contributed by atoms with E-state index in [-0.39, 0.29) is 0 Å². The summed E-state index contributed by atoms with van der Waals surface area (Å²) in [6.07, 6.45) is 0. The molecule has 45 heavy (non-hydrogen) atoms. The van der Waals surface area contributed by atoms with Gasteiger partial charge in [-0.15, -0.1) is 0 Å². The molecule has 0 unspecified atom stereocenters. The van der Waals surface area contributed by atoms with Crippen molar-refractivity contribution in [1.29, 1.82) is 0 Å². The predicted molar refractivity (Wildman–Crippen MR) is 187 cm³/mol. The Kier molecular flexibility index (Phi) is 6.54. The fraction of sp³-hybridized carbons (Fsp3) is 0.0500. The number of fused-ring (bicyclic) bond motifs is 3. The molecule has 0 saturated heterocycles. The van der Waals surface area contributed by atoms with Crippen molar-refractivity contribution in [1.82, 2.24) is 19.9 Å². The molecule has 0 radical (unpaired) electrons. The molecule has 5 heteroatoms. The van der Waals surface area contributed by atoms with Gasteiger partial charge in [-0.25, -0.2) is 19.9 Å². The van der Waals surface area contributed by atoms with Crippen LogP contribution in [-0.2, 0) is 0 Å². The molecule has 0 atom stereocenters. The number of aromatic nitrogens is 4. The van der Waals surface area contributed by atoms with Gasteiger partial charge in [0.25, 0.3) is 0 Å². The third-order valence-electron chi connectivity index (χ3n) is 8.68. The van der Waals surface area contributed by atoms with Crippen LogP contribution in [0, 0.1) is 0 Å². The van der Waals surface area contributed by atoms with Gasteiger partial charge in [-0.2, -0.15) is 0 Å². The lowest BCUT2D eigenvalue weighted by Gasteiger charge is -2.22. The Bertz CT molecular complexity index is 2120. The fourth-order valence-corrected chi connectivity index (χ4v) is 9.67. The van der Waals surface area contributed by atoms with Gasteiger partial charge in [0.1, 0.15) is 8.07 Å². The summed E-state index contributed by atoms with van der Waals surface area (Å²) in [6.45, 7) is 4.83. The molecule has 0 N–H and O–H groups in total. The topological polar surface area (TPSA) is 51.6 Å². The fourth-order valence-electron chi connectivity index (χ4n) is 6.44. The molecule has 0 bridgehead atoms. The maximum absolute atomic E-state index is 5.32. The van der Waals surface area contributed by atoms with Crippen LogP contribution in [0.25, 0.3) is 67.8 Å². The normalized spacial score (nSPS) is 12.8.